The highest BCUT2D eigenvalue weighted by Gasteiger charge is 2.74. The molecular formula is C35H48N2O8. The third-order valence-electron chi connectivity index (χ3n) is 10.4. The van der Waals surface area contributed by atoms with Gasteiger partial charge in [-0.25, -0.2) is 0 Å². The molecule has 4 aliphatic rings. The molecule has 3 aliphatic heterocycles. The van der Waals surface area contributed by atoms with Gasteiger partial charge in [-0.2, -0.15) is 0 Å². The average Bonchev–Trinajstić information content (AvgIpc) is 3.20. The van der Waals surface area contributed by atoms with Crippen molar-refractivity contribution in [1.82, 2.24) is 9.80 Å². The Hall–Kier alpha value is -3.40. The Morgan fingerprint density at radius 3 is 2.64 bits per heavy atom. The molecule has 10 nitrogen and oxygen atoms in total. The number of fused-ring (bicyclic) bond motifs is 1. The number of allylic oxidation sites excluding steroid dienone is 1. The minimum atomic E-state index is -0.910. The fraction of sp³-hybridized carbons (Fsp3) is 0.657. The van der Waals surface area contributed by atoms with E-state index >= 15 is 0 Å². The van der Waals surface area contributed by atoms with Crippen molar-refractivity contribution in [3.63, 3.8) is 0 Å². The van der Waals surface area contributed by atoms with Crippen LogP contribution >= 0.6 is 0 Å². The van der Waals surface area contributed by atoms with Crippen LogP contribution in [0.25, 0.3) is 0 Å². The van der Waals surface area contributed by atoms with Gasteiger partial charge in [0.25, 0.3) is 0 Å². The molecule has 0 N–H and O–H groups in total. The van der Waals surface area contributed by atoms with Gasteiger partial charge in [-0.1, -0.05) is 18.2 Å². The van der Waals surface area contributed by atoms with Crippen LogP contribution in [0.5, 0.6) is 5.75 Å². The van der Waals surface area contributed by atoms with Gasteiger partial charge in [0.15, 0.2) is 0 Å². The molecule has 0 unspecified atom stereocenters. The standard InChI is InChI=1S/C35H48N2O8/c1-4-6-7-10-29(38)36-19-16-28-27-21-34(17-15-30(39)45-24-34)33(36)35(28,22-31(40)44-5-2)37(32(27)41)18-8-9-20-43-23-25-11-13-26(42-3)14-12-25/h4,11-14,27-28,33H,1,5-10,15-24H2,2-3H3/t27-,28-,33+,34+,35+/m1/s1. The van der Waals surface area contributed by atoms with Crippen LogP contribution in [0.1, 0.15) is 76.7 Å². The van der Waals surface area contributed by atoms with E-state index in [9.17, 15) is 19.2 Å². The summed E-state index contributed by atoms with van der Waals surface area (Å²) >= 11 is 0. The van der Waals surface area contributed by atoms with Crippen molar-refractivity contribution in [2.75, 3.05) is 40.0 Å². The number of carbonyl (C=O) groups is 4. The lowest BCUT2D eigenvalue weighted by atomic mass is 9.51. The summed E-state index contributed by atoms with van der Waals surface area (Å²) in [4.78, 5) is 57.8. The zero-order valence-electron chi connectivity index (χ0n) is 26.8. The van der Waals surface area contributed by atoms with E-state index in [4.69, 9.17) is 18.9 Å². The summed E-state index contributed by atoms with van der Waals surface area (Å²) in [5.41, 5.74) is -0.453. The van der Waals surface area contributed by atoms with Gasteiger partial charge in [-0.3, -0.25) is 19.2 Å². The molecule has 45 heavy (non-hydrogen) atoms. The van der Waals surface area contributed by atoms with Crippen molar-refractivity contribution in [3.8, 4) is 5.75 Å². The van der Waals surface area contributed by atoms with Crippen molar-refractivity contribution in [2.45, 2.75) is 89.3 Å². The van der Waals surface area contributed by atoms with E-state index in [2.05, 4.69) is 6.58 Å². The first kappa shape index (κ1) is 33.0. The second-order valence-electron chi connectivity index (χ2n) is 13.0. The second kappa shape index (κ2) is 14.4. The summed E-state index contributed by atoms with van der Waals surface area (Å²) in [6.45, 7) is 7.96. The van der Waals surface area contributed by atoms with E-state index in [1.54, 1.807) is 14.0 Å². The largest absolute Gasteiger partial charge is 0.497 e. The number of hydrogen-bond donors (Lipinski definition) is 0. The molecule has 1 saturated carbocycles. The van der Waals surface area contributed by atoms with Crippen molar-refractivity contribution < 1.29 is 38.1 Å². The average molecular weight is 625 g/mol. The van der Waals surface area contributed by atoms with Crippen LogP contribution in [0.3, 0.4) is 0 Å². The number of methoxy groups -OCH3 is 1. The number of ether oxygens (including phenoxy) is 4. The topological polar surface area (TPSA) is 112 Å². The number of unbranched alkanes of at least 4 members (excludes halogenated alkanes) is 2. The number of rotatable bonds is 15. The van der Waals surface area contributed by atoms with Crippen LogP contribution in [0.4, 0.5) is 0 Å². The van der Waals surface area contributed by atoms with Gasteiger partial charge in [0.1, 0.15) is 5.75 Å². The number of hydrogen-bond acceptors (Lipinski definition) is 8. The Balaban J connectivity index is 1.39. The molecular weight excluding hydrogens is 576 g/mol. The molecule has 0 radical (unpaired) electrons. The highest BCUT2D eigenvalue weighted by Crippen LogP contribution is 2.64. The highest BCUT2D eigenvalue weighted by atomic mass is 16.5. The number of nitrogens with zero attached hydrogens (tertiary/aromatic N) is 2. The number of amides is 2. The molecule has 1 aliphatic carbocycles. The number of benzene rings is 1. The van der Waals surface area contributed by atoms with E-state index in [0.717, 1.165) is 24.2 Å². The fourth-order valence-corrected chi connectivity index (χ4v) is 8.62. The Morgan fingerprint density at radius 1 is 1.16 bits per heavy atom. The number of piperidine rings is 1. The molecule has 4 fully saturated rings. The molecule has 1 aromatic carbocycles. The third kappa shape index (κ3) is 6.48. The predicted molar refractivity (Wildman–Crippen MR) is 166 cm³/mol. The van der Waals surface area contributed by atoms with Gasteiger partial charge in [0, 0.05) is 43.9 Å². The van der Waals surface area contributed by atoms with E-state index < -0.39 is 17.0 Å². The Morgan fingerprint density at radius 2 is 1.96 bits per heavy atom. The maximum Gasteiger partial charge on any atom is 0.308 e. The molecule has 1 spiro atoms. The van der Waals surface area contributed by atoms with E-state index in [1.807, 2.05) is 40.1 Å². The van der Waals surface area contributed by atoms with Crippen molar-refractivity contribution in [3.05, 3.63) is 42.5 Å². The molecule has 2 amide bonds. The molecule has 5 atom stereocenters. The zero-order valence-corrected chi connectivity index (χ0v) is 26.8. The highest BCUT2D eigenvalue weighted by molar-refractivity contribution is 5.87. The lowest BCUT2D eigenvalue weighted by Gasteiger charge is -2.64. The summed E-state index contributed by atoms with van der Waals surface area (Å²) in [5, 5.41) is 0. The van der Waals surface area contributed by atoms with Gasteiger partial charge in [-0.15, -0.1) is 6.58 Å². The number of likely N-dealkylation sites (tertiary alicyclic amines) is 2. The number of carbonyl (C=O) groups excluding carboxylic acids is 4. The van der Waals surface area contributed by atoms with Crippen LogP contribution in [-0.4, -0.2) is 85.2 Å². The van der Waals surface area contributed by atoms with Gasteiger partial charge < -0.3 is 28.7 Å². The zero-order chi connectivity index (χ0) is 32.0. The van der Waals surface area contributed by atoms with Crippen LogP contribution in [0.2, 0.25) is 0 Å². The van der Waals surface area contributed by atoms with Crippen molar-refractivity contribution >= 4 is 23.8 Å². The SMILES string of the molecule is C=CCCCC(=O)N1CC[C@@H]2[C@H]3C[C@]4(CCC(=O)OC4)[C@H]1[C@@]2(CC(=O)OCC)N(CCCCOCc1ccc(OC)cc1)C3=O. The van der Waals surface area contributed by atoms with Crippen LogP contribution < -0.4 is 4.74 Å². The van der Waals surface area contributed by atoms with Gasteiger partial charge in [0.2, 0.25) is 11.8 Å². The Bertz CT molecular complexity index is 1240. The van der Waals surface area contributed by atoms with Crippen molar-refractivity contribution in [2.24, 2.45) is 17.3 Å². The molecule has 1 aromatic rings. The third-order valence-corrected chi connectivity index (χ3v) is 10.4. The van der Waals surface area contributed by atoms with Crippen LogP contribution in [0.15, 0.2) is 36.9 Å². The second-order valence-corrected chi connectivity index (χ2v) is 13.0. The molecule has 246 valence electrons. The van der Waals surface area contributed by atoms with Gasteiger partial charge >= 0.3 is 11.9 Å². The molecule has 3 heterocycles. The van der Waals surface area contributed by atoms with Crippen molar-refractivity contribution in [1.29, 1.82) is 0 Å². The molecule has 10 heteroatoms. The van der Waals surface area contributed by atoms with E-state index in [1.165, 1.54) is 0 Å². The summed E-state index contributed by atoms with van der Waals surface area (Å²) in [6.07, 6.45) is 7.02. The van der Waals surface area contributed by atoms with E-state index in [-0.39, 0.29) is 61.6 Å². The normalized spacial score (nSPS) is 28.6. The smallest absolute Gasteiger partial charge is 0.308 e. The van der Waals surface area contributed by atoms with Crippen LogP contribution in [-0.2, 0) is 40.0 Å². The Kier molecular flexibility index (Phi) is 10.5. The minimum Gasteiger partial charge on any atom is -0.497 e. The molecule has 0 aromatic heterocycles. The number of esters is 2. The van der Waals surface area contributed by atoms with Crippen LogP contribution in [0, 0.1) is 17.3 Å². The lowest BCUT2D eigenvalue weighted by Crippen LogP contribution is -2.75. The minimum absolute atomic E-state index is 0.0180. The fourth-order valence-electron chi connectivity index (χ4n) is 8.62. The molecule has 4 bridgehead atoms. The first-order valence-electron chi connectivity index (χ1n) is 16.5. The lowest BCUT2D eigenvalue weighted by molar-refractivity contribution is -0.193. The summed E-state index contributed by atoms with van der Waals surface area (Å²) in [6, 6.07) is 7.32. The summed E-state index contributed by atoms with van der Waals surface area (Å²) in [7, 11) is 1.64. The maximum absolute atomic E-state index is 14.3. The van der Waals surface area contributed by atoms with Gasteiger partial charge in [0.05, 0.1) is 44.9 Å². The first-order valence-corrected chi connectivity index (χ1v) is 16.5. The summed E-state index contributed by atoms with van der Waals surface area (Å²) < 4.78 is 22.4. The first-order chi connectivity index (χ1) is 21.8. The Labute approximate surface area is 266 Å². The monoisotopic (exact) mass is 624 g/mol. The molecule has 5 rings (SSSR count). The van der Waals surface area contributed by atoms with E-state index in [0.29, 0.717) is 64.8 Å². The molecule has 3 saturated heterocycles. The van der Waals surface area contributed by atoms with Gasteiger partial charge in [-0.05, 0) is 75.5 Å². The summed E-state index contributed by atoms with van der Waals surface area (Å²) in [5.74, 6) is -0.117. The predicted octanol–water partition coefficient (Wildman–Crippen LogP) is 4.44. The maximum atomic E-state index is 14.3. The number of cyclic esters (lactones) is 1. The quantitative estimate of drug-likeness (QED) is 0.160.